The van der Waals surface area contributed by atoms with E-state index in [0.717, 1.165) is 40.9 Å². The van der Waals surface area contributed by atoms with E-state index in [2.05, 4.69) is 11.8 Å². The summed E-state index contributed by atoms with van der Waals surface area (Å²) in [5, 5.41) is 0. The molecule has 0 amide bonds. The Hall–Kier alpha value is -1.94. The molecule has 1 fully saturated rings. The van der Waals surface area contributed by atoms with E-state index in [1.807, 2.05) is 24.3 Å². The summed E-state index contributed by atoms with van der Waals surface area (Å²) in [7, 11) is 0. The van der Waals surface area contributed by atoms with Gasteiger partial charge in [0.15, 0.2) is 0 Å². The molecule has 2 aromatic rings. The Bertz CT molecular complexity index is 693. The molecule has 1 aliphatic heterocycles. The smallest absolute Gasteiger partial charge is 0.123 e. The van der Waals surface area contributed by atoms with Gasteiger partial charge in [0.05, 0.1) is 0 Å². The number of likely N-dealkylation sites (tertiary alicyclic amines) is 1. The molecular weight excluding hydrogens is 321 g/mol. The van der Waals surface area contributed by atoms with Gasteiger partial charge in [0, 0.05) is 18.7 Å². The lowest BCUT2D eigenvalue weighted by molar-refractivity contribution is 0.284. The molecule has 3 rings (SSSR count). The summed E-state index contributed by atoms with van der Waals surface area (Å²) >= 11 is 5.66. The fraction of sp³-hybridized carbons (Fsp3) is 0.350. The van der Waals surface area contributed by atoms with Crippen LogP contribution in [0.1, 0.15) is 30.9 Å². The van der Waals surface area contributed by atoms with E-state index in [1.54, 1.807) is 12.1 Å². The average molecular weight is 343 g/mol. The Morgan fingerprint density at radius 2 is 1.88 bits per heavy atom. The van der Waals surface area contributed by atoms with Gasteiger partial charge in [0.25, 0.3) is 0 Å². The second-order valence-electron chi connectivity index (χ2n) is 6.42. The van der Waals surface area contributed by atoms with E-state index in [1.165, 1.54) is 25.0 Å². The SMILES string of the molecule is CC1CCN(C(=S)c2cccc(OCc3ccc(F)cc3)c2)CC1. The van der Waals surface area contributed by atoms with Gasteiger partial charge in [-0.1, -0.05) is 43.4 Å². The lowest BCUT2D eigenvalue weighted by Gasteiger charge is -2.32. The molecule has 0 unspecified atom stereocenters. The Labute approximate surface area is 148 Å². The molecule has 4 heteroatoms. The topological polar surface area (TPSA) is 12.5 Å². The summed E-state index contributed by atoms with van der Waals surface area (Å²) in [6.07, 6.45) is 2.39. The molecule has 0 N–H and O–H groups in total. The first-order valence-corrected chi connectivity index (χ1v) is 8.79. The largest absolute Gasteiger partial charge is 0.489 e. The van der Waals surface area contributed by atoms with Gasteiger partial charge in [-0.25, -0.2) is 4.39 Å². The fourth-order valence-electron chi connectivity index (χ4n) is 2.86. The van der Waals surface area contributed by atoms with E-state index in [-0.39, 0.29) is 5.82 Å². The van der Waals surface area contributed by atoms with Gasteiger partial charge in [0.2, 0.25) is 0 Å². The van der Waals surface area contributed by atoms with Crippen molar-refractivity contribution < 1.29 is 9.13 Å². The predicted molar refractivity (Wildman–Crippen MR) is 98.8 cm³/mol. The maximum Gasteiger partial charge on any atom is 0.123 e. The van der Waals surface area contributed by atoms with E-state index in [9.17, 15) is 4.39 Å². The van der Waals surface area contributed by atoms with Gasteiger partial charge in [-0.3, -0.25) is 0 Å². The molecule has 1 aliphatic rings. The third-order valence-electron chi connectivity index (χ3n) is 4.47. The highest BCUT2D eigenvalue weighted by molar-refractivity contribution is 7.80. The van der Waals surface area contributed by atoms with Crippen molar-refractivity contribution in [2.75, 3.05) is 13.1 Å². The zero-order valence-electron chi connectivity index (χ0n) is 13.9. The van der Waals surface area contributed by atoms with Crippen LogP contribution < -0.4 is 4.74 Å². The maximum atomic E-state index is 12.9. The number of hydrogen-bond acceptors (Lipinski definition) is 2. The minimum atomic E-state index is -0.234. The Morgan fingerprint density at radius 3 is 2.58 bits per heavy atom. The third kappa shape index (κ3) is 4.32. The summed E-state index contributed by atoms with van der Waals surface area (Å²) in [6, 6.07) is 14.3. The van der Waals surface area contributed by atoms with E-state index in [4.69, 9.17) is 17.0 Å². The highest BCUT2D eigenvalue weighted by atomic mass is 32.1. The minimum absolute atomic E-state index is 0.234. The van der Waals surface area contributed by atoms with Crippen molar-refractivity contribution in [3.8, 4) is 5.75 Å². The lowest BCUT2D eigenvalue weighted by atomic mass is 9.99. The number of rotatable bonds is 4. The molecule has 0 saturated carbocycles. The molecule has 126 valence electrons. The standard InChI is InChI=1S/C20H22FNOS/c1-15-9-11-22(12-10-15)20(24)17-3-2-4-19(13-17)23-14-16-5-7-18(21)8-6-16/h2-8,13,15H,9-12,14H2,1H3. The van der Waals surface area contributed by atoms with Crippen molar-refractivity contribution in [1.82, 2.24) is 4.90 Å². The van der Waals surface area contributed by atoms with E-state index >= 15 is 0 Å². The van der Waals surface area contributed by atoms with Gasteiger partial charge >= 0.3 is 0 Å². The quantitative estimate of drug-likeness (QED) is 0.739. The van der Waals surface area contributed by atoms with E-state index in [0.29, 0.717) is 6.61 Å². The molecule has 1 heterocycles. The molecular formula is C20H22FNOS. The summed E-state index contributed by atoms with van der Waals surface area (Å²) in [5.41, 5.74) is 1.96. The van der Waals surface area contributed by atoms with Crippen LogP contribution >= 0.6 is 12.2 Å². The van der Waals surface area contributed by atoms with Crippen LogP contribution in [0, 0.1) is 11.7 Å². The van der Waals surface area contributed by atoms with Crippen LogP contribution in [0.3, 0.4) is 0 Å². The summed E-state index contributed by atoms with van der Waals surface area (Å²) < 4.78 is 18.8. The Balaban J connectivity index is 1.63. The van der Waals surface area contributed by atoms with Crippen molar-refractivity contribution in [3.05, 3.63) is 65.5 Å². The van der Waals surface area contributed by atoms with Gasteiger partial charge in [-0.05, 0) is 48.6 Å². The highest BCUT2D eigenvalue weighted by Gasteiger charge is 2.19. The molecule has 0 aliphatic carbocycles. The molecule has 0 aromatic heterocycles. The number of thiocarbonyl (C=S) groups is 1. The van der Waals surface area contributed by atoms with Gasteiger partial charge in [-0.2, -0.15) is 0 Å². The summed E-state index contributed by atoms with van der Waals surface area (Å²) in [4.78, 5) is 3.18. The summed E-state index contributed by atoms with van der Waals surface area (Å²) in [6.45, 7) is 4.77. The molecule has 2 aromatic carbocycles. The van der Waals surface area contributed by atoms with Gasteiger partial charge in [-0.15, -0.1) is 0 Å². The second kappa shape index (κ2) is 7.75. The number of nitrogens with zero attached hydrogens (tertiary/aromatic N) is 1. The van der Waals surface area contributed by atoms with Crippen LogP contribution in [0.25, 0.3) is 0 Å². The number of benzene rings is 2. The number of halogens is 1. The molecule has 0 spiro atoms. The number of ether oxygens (including phenoxy) is 1. The minimum Gasteiger partial charge on any atom is -0.489 e. The Kier molecular flexibility index (Phi) is 5.46. The zero-order valence-corrected chi connectivity index (χ0v) is 14.7. The number of piperidine rings is 1. The Morgan fingerprint density at radius 1 is 1.17 bits per heavy atom. The van der Waals surface area contributed by atoms with Crippen LogP contribution in [0.2, 0.25) is 0 Å². The van der Waals surface area contributed by atoms with Crippen LogP contribution in [0.15, 0.2) is 48.5 Å². The molecule has 0 atom stereocenters. The maximum absolute atomic E-state index is 12.9. The second-order valence-corrected chi connectivity index (χ2v) is 6.80. The molecule has 0 radical (unpaired) electrons. The normalized spacial score (nSPS) is 15.3. The first-order valence-electron chi connectivity index (χ1n) is 8.38. The van der Waals surface area contributed by atoms with Gasteiger partial charge < -0.3 is 9.64 Å². The fourth-order valence-corrected chi connectivity index (χ4v) is 3.17. The molecule has 2 nitrogen and oxygen atoms in total. The van der Waals surface area contributed by atoms with Crippen molar-refractivity contribution in [2.24, 2.45) is 5.92 Å². The summed E-state index contributed by atoms with van der Waals surface area (Å²) in [5.74, 6) is 1.33. The van der Waals surface area contributed by atoms with Crippen LogP contribution in [-0.2, 0) is 6.61 Å². The third-order valence-corrected chi connectivity index (χ3v) is 4.96. The van der Waals surface area contributed by atoms with Crippen molar-refractivity contribution in [1.29, 1.82) is 0 Å². The van der Waals surface area contributed by atoms with Crippen LogP contribution in [0.5, 0.6) is 5.75 Å². The first-order chi connectivity index (χ1) is 11.6. The monoisotopic (exact) mass is 343 g/mol. The van der Waals surface area contributed by atoms with Crippen molar-refractivity contribution in [2.45, 2.75) is 26.4 Å². The lowest BCUT2D eigenvalue weighted by Crippen LogP contribution is -2.37. The predicted octanol–water partition coefficient (Wildman–Crippen LogP) is 4.81. The van der Waals surface area contributed by atoms with Crippen LogP contribution in [0.4, 0.5) is 4.39 Å². The highest BCUT2D eigenvalue weighted by Crippen LogP contribution is 2.21. The molecule has 1 saturated heterocycles. The number of hydrogen-bond donors (Lipinski definition) is 0. The zero-order chi connectivity index (χ0) is 16.9. The molecule has 0 bridgehead atoms. The van der Waals surface area contributed by atoms with Gasteiger partial charge in [0.1, 0.15) is 23.2 Å². The molecule has 24 heavy (non-hydrogen) atoms. The average Bonchev–Trinajstić information content (AvgIpc) is 2.61. The van der Waals surface area contributed by atoms with Crippen molar-refractivity contribution in [3.63, 3.8) is 0 Å². The van der Waals surface area contributed by atoms with Crippen LogP contribution in [-0.4, -0.2) is 23.0 Å². The first kappa shape index (κ1) is 16.9. The van der Waals surface area contributed by atoms with Crippen molar-refractivity contribution >= 4 is 17.2 Å². The van der Waals surface area contributed by atoms with E-state index < -0.39 is 0 Å².